The first-order chi connectivity index (χ1) is 7.94. The highest BCUT2D eigenvalue weighted by molar-refractivity contribution is 9.10. The molecule has 0 radical (unpaired) electrons. The molecule has 0 aromatic heterocycles. The SMILES string of the molecule is O=S(=O)(NC1CC1)c1cc(Br)cc(CCl)c1F. The summed E-state index contributed by atoms with van der Waals surface area (Å²) in [4.78, 5) is -0.352. The summed E-state index contributed by atoms with van der Waals surface area (Å²) in [5.74, 6) is -0.853. The molecule has 1 aromatic carbocycles. The van der Waals surface area contributed by atoms with Crippen molar-refractivity contribution in [1.82, 2.24) is 4.72 Å². The lowest BCUT2D eigenvalue weighted by molar-refractivity contribution is 0.551. The van der Waals surface area contributed by atoms with Crippen LogP contribution in [0.25, 0.3) is 0 Å². The van der Waals surface area contributed by atoms with Crippen molar-refractivity contribution < 1.29 is 12.8 Å². The van der Waals surface area contributed by atoms with E-state index >= 15 is 0 Å². The lowest BCUT2D eigenvalue weighted by Gasteiger charge is -2.09. The molecule has 7 heteroatoms. The highest BCUT2D eigenvalue weighted by Crippen LogP contribution is 2.27. The molecule has 1 saturated carbocycles. The molecule has 0 aliphatic heterocycles. The molecule has 3 nitrogen and oxygen atoms in total. The Morgan fingerprint density at radius 3 is 2.65 bits per heavy atom. The minimum atomic E-state index is -3.80. The summed E-state index contributed by atoms with van der Waals surface area (Å²) in [6, 6.07) is 2.66. The molecule has 0 spiro atoms. The van der Waals surface area contributed by atoms with E-state index in [0.717, 1.165) is 12.8 Å². The fourth-order valence-corrected chi connectivity index (χ4v) is 3.70. The Bertz CT molecular complexity index is 545. The third-order valence-corrected chi connectivity index (χ3v) is 4.68. The van der Waals surface area contributed by atoms with Crippen LogP contribution < -0.4 is 4.72 Å². The smallest absolute Gasteiger partial charge is 0.208 e. The molecule has 1 aliphatic rings. The number of sulfonamides is 1. The van der Waals surface area contributed by atoms with Crippen molar-refractivity contribution in [3.63, 3.8) is 0 Å². The third kappa shape index (κ3) is 2.99. The van der Waals surface area contributed by atoms with Gasteiger partial charge in [0.2, 0.25) is 10.0 Å². The average molecular weight is 343 g/mol. The van der Waals surface area contributed by atoms with Gasteiger partial charge in [-0.15, -0.1) is 11.6 Å². The molecule has 1 aliphatic carbocycles. The van der Waals surface area contributed by atoms with Gasteiger partial charge in [-0.2, -0.15) is 0 Å². The van der Waals surface area contributed by atoms with Gasteiger partial charge in [-0.25, -0.2) is 17.5 Å². The largest absolute Gasteiger partial charge is 0.243 e. The molecule has 1 aromatic rings. The first-order valence-electron chi connectivity index (χ1n) is 5.00. The summed E-state index contributed by atoms with van der Waals surface area (Å²) in [7, 11) is -3.80. The molecule has 0 heterocycles. The van der Waals surface area contributed by atoms with Crippen LogP contribution in [-0.2, 0) is 15.9 Å². The average Bonchev–Trinajstić information content (AvgIpc) is 3.03. The topological polar surface area (TPSA) is 46.2 Å². The summed E-state index contributed by atoms with van der Waals surface area (Å²) in [5, 5.41) is 0. The van der Waals surface area contributed by atoms with Crippen molar-refractivity contribution in [2.24, 2.45) is 0 Å². The minimum Gasteiger partial charge on any atom is -0.208 e. The third-order valence-electron chi connectivity index (χ3n) is 2.41. The van der Waals surface area contributed by atoms with E-state index in [2.05, 4.69) is 20.7 Å². The fraction of sp³-hybridized carbons (Fsp3) is 0.400. The Labute approximate surface area is 113 Å². The van der Waals surface area contributed by atoms with Crippen molar-refractivity contribution >= 4 is 37.6 Å². The van der Waals surface area contributed by atoms with Gasteiger partial charge in [0, 0.05) is 16.1 Å². The van der Waals surface area contributed by atoms with E-state index in [4.69, 9.17) is 11.6 Å². The van der Waals surface area contributed by atoms with Gasteiger partial charge in [0.1, 0.15) is 10.7 Å². The first kappa shape index (κ1) is 13.3. The summed E-state index contributed by atoms with van der Waals surface area (Å²) in [6.07, 6.45) is 1.61. The van der Waals surface area contributed by atoms with Crippen molar-refractivity contribution in [3.8, 4) is 0 Å². The zero-order valence-corrected chi connectivity index (χ0v) is 11.9. The Morgan fingerprint density at radius 1 is 1.47 bits per heavy atom. The Hall–Kier alpha value is -0.170. The van der Waals surface area contributed by atoms with E-state index in [-0.39, 0.29) is 22.4 Å². The molecular formula is C10H10BrClFNO2S. The Balaban J connectivity index is 2.46. The zero-order valence-electron chi connectivity index (χ0n) is 8.71. The van der Waals surface area contributed by atoms with Crippen molar-refractivity contribution in [2.45, 2.75) is 29.7 Å². The molecule has 0 amide bonds. The van der Waals surface area contributed by atoms with Gasteiger partial charge >= 0.3 is 0 Å². The molecule has 0 bridgehead atoms. The lowest BCUT2D eigenvalue weighted by atomic mass is 10.2. The van der Waals surface area contributed by atoms with Gasteiger partial charge in [0.15, 0.2) is 0 Å². The highest BCUT2D eigenvalue weighted by atomic mass is 79.9. The first-order valence-corrected chi connectivity index (χ1v) is 7.81. The van der Waals surface area contributed by atoms with E-state index in [1.807, 2.05) is 0 Å². The number of hydrogen-bond donors (Lipinski definition) is 1. The summed E-state index contributed by atoms with van der Waals surface area (Å²) in [5.41, 5.74) is 0.164. The molecule has 0 unspecified atom stereocenters. The van der Waals surface area contributed by atoms with Crippen molar-refractivity contribution in [2.75, 3.05) is 0 Å². The number of nitrogens with one attached hydrogen (secondary N) is 1. The van der Waals surface area contributed by atoms with Crippen LogP contribution in [0.4, 0.5) is 4.39 Å². The summed E-state index contributed by atoms with van der Waals surface area (Å²) >= 11 is 8.71. The van der Waals surface area contributed by atoms with Crippen LogP contribution in [0.1, 0.15) is 18.4 Å². The maximum Gasteiger partial charge on any atom is 0.243 e. The molecule has 1 fully saturated rings. The van der Waals surface area contributed by atoms with Crippen LogP contribution in [0.15, 0.2) is 21.5 Å². The molecule has 0 saturated heterocycles. The van der Waals surface area contributed by atoms with Crippen LogP contribution in [0, 0.1) is 5.82 Å². The summed E-state index contributed by atoms with van der Waals surface area (Å²) in [6.45, 7) is 0. The number of alkyl halides is 1. The van der Waals surface area contributed by atoms with Gasteiger partial charge in [-0.1, -0.05) is 15.9 Å². The molecule has 94 valence electrons. The van der Waals surface area contributed by atoms with E-state index < -0.39 is 15.8 Å². The zero-order chi connectivity index (χ0) is 12.6. The second kappa shape index (κ2) is 4.84. The Kier molecular flexibility index (Phi) is 3.77. The quantitative estimate of drug-likeness (QED) is 0.855. The van der Waals surface area contributed by atoms with Crippen molar-refractivity contribution in [1.29, 1.82) is 0 Å². The Morgan fingerprint density at radius 2 is 2.12 bits per heavy atom. The van der Waals surface area contributed by atoms with Gasteiger partial charge in [-0.05, 0) is 25.0 Å². The lowest BCUT2D eigenvalue weighted by Crippen LogP contribution is -2.26. The maximum absolute atomic E-state index is 13.9. The number of rotatable bonds is 4. The molecule has 1 N–H and O–H groups in total. The van der Waals surface area contributed by atoms with Gasteiger partial charge in [0.05, 0.1) is 5.88 Å². The van der Waals surface area contributed by atoms with Crippen LogP contribution >= 0.6 is 27.5 Å². The van der Waals surface area contributed by atoms with Crippen LogP contribution in [-0.4, -0.2) is 14.5 Å². The molecule has 17 heavy (non-hydrogen) atoms. The van der Waals surface area contributed by atoms with Gasteiger partial charge in [-0.3, -0.25) is 0 Å². The van der Waals surface area contributed by atoms with Crippen LogP contribution in [0.2, 0.25) is 0 Å². The van der Waals surface area contributed by atoms with Crippen LogP contribution in [0.3, 0.4) is 0 Å². The predicted molar refractivity (Wildman–Crippen MR) is 67.0 cm³/mol. The van der Waals surface area contributed by atoms with Crippen molar-refractivity contribution in [3.05, 3.63) is 28.0 Å². The second-order valence-electron chi connectivity index (χ2n) is 3.91. The van der Waals surface area contributed by atoms with E-state index in [1.54, 1.807) is 0 Å². The van der Waals surface area contributed by atoms with E-state index in [9.17, 15) is 12.8 Å². The van der Waals surface area contributed by atoms with Gasteiger partial charge in [0.25, 0.3) is 0 Å². The molecular weight excluding hydrogens is 333 g/mol. The minimum absolute atomic E-state index is 0.0576. The number of hydrogen-bond acceptors (Lipinski definition) is 2. The normalized spacial score (nSPS) is 16.2. The standard InChI is InChI=1S/C10H10BrClFNO2S/c11-7-3-6(5-12)10(13)9(4-7)17(15,16)14-8-1-2-8/h3-4,8,14H,1-2,5H2. The number of halogens is 3. The highest BCUT2D eigenvalue weighted by Gasteiger charge is 2.30. The maximum atomic E-state index is 13.9. The summed E-state index contributed by atoms with van der Waals surface area (Å²) < 4.78 is 40.6. The van der Waals surface area contributed by atoms with Crippen LogP contribution in [0.5, 0.6) is 0 Å². The fourth-order valence-electron chi connectivity index (χ4n) is 1.40. The second-order valence-corrected chi connectivity index (χ2v) is 6.77. The number of benzene rings is 1. The van der Waals surface area contributed by atoms with E-state index in [1.165, 1.54) is 12.1 Å². The predicted octanol–water partition coefficient (Wildman–Crippen LogP) is 2.77. The van der Waals surface area contributed by atoms with E-state index in [0.29, 0.717) is 4.47 Å². The molecule has 2 rings (SSSR count). The molecule has 0 atom stereocenters. The van der Waals surface area contributed by atoms with Gasteiger partial charge < -0.3 is 0 Å². The monoisotopic (exact) mass is 341 g/mol.